The highest BCUT2D eigenvalue weighted by molar-refractivity contribution is 5.94. The van der Waals surface area contributed by atoms with Crippen LogP contribution in [0.15, 0.2) is 39.6 Å². The average Bonchev–Trinajstić information content (AvgIpc) is 0.882. The number of azide groups is 3. The van der Waals surface area contributed by atoms with Crippen LogP contribution in [-0.4, -0.2) is 157 Å². The van der Waals surface area contributed by atoms with E-state index in [9.17, 15) is 24.0 Å². The molecule has 3 amide bonds. The van der Waals surface area contributed by atoms with Crippen molar-refractivity contribution < 1.29 is 71.3 Å². The van der Waals surface area contributed by atoms with Crippen molar-refractivity contribution in [3.05, 3.63) is 61.2 Å². The molecule has 0 spiro atoms. The van der Waals surface area contributed by atoms with Crippen LogP contribution >= 0.6 is 0 Å². The third kappa shape index (κ3) is 76.5. The summed E-state index contributed by atoms with van der Waals surface area (Å²) in [4.78, 5) is 67.5. The molecule has 101 heavy (non-hydrogen) atoms. The Bertz CT molecular complexity index is 2450. The molecule has 3 atom stereocenters. The molecule has 0 heterocycles. The van der Waals surface area contributed by atoms with E-state index in [2.05, 4.69) is 108 Å². The van der Waals surface area contributed by atoms with E-state index in [1.54, 1.807) is 45.0 Å². The van der Waals surface area contributed by atoms with Crippen LogP contribution in [0.25, 0.3) is 31.3 Å². The summed E-state index contributed by atoms with van der Waals surface area (Å²) in [7, 11) is 0. The fourth-order valence-electron chi connectivity index (χ4n) is 8.65. The van der Waals surface area contributed by atoms with Gasteiger partial charge >= 0.3 is 11.9 Å². The van der Waals surface area contributed by atoms with Gasteiger partial charge in [-0.2, -0.15) is 0 Å². The van der Waals surface area contributed by atoms with Gasteiger partial charge in [0.15, 0.2) is 18.7 Å². The van der Waals surface area contributed by atoms with Gasteiger partial charge in [0.05, 0.1) is 39.6 Å². The van der Waals surface area contributed by atoms with Crippen LogP contribution in [0, 0.1) is 16.2 Å². The van der Waals surface area contributed by atoms with Gasteiger partial charge in [0, 0.05) is 71.6 Å². The first-order valence-corrected chi connectivity index (χ1v) is 36.2. The van der Waals surface area contributed by atoms with Gasteiger partial charge < -0.3 is 63.3 Å². The molecule has 586 valence electrons. The molecule has 0 radical (unpaired) electrons. The highest BCUT2D eigenvalue weighted by Crippen LogP contribution is 2.24. The van der Waals surface area contributed by atoms with Crippen molar-refractivity contribution in [1.82, 2.24) is 16.0 Å². The van der Waals surface area contributed by atoms with Gasteiger partial charge in [0.25, 0.3) is 5.91 Å². The second-order valence-electron chi connectivity index (χ2n) is 30.6. The Kier molecular flexibility index (Phi) is 60.7. The topological polar surface area (TPSA) is 360 Å². The Labute approximate surface area is 608 Å². The number of esters is 2. The molecular weight excluding hydrogens is 1300 g/mol. The molecule has 0 aromatic heterocycles. The Morgan fingerprint density at radius 1 is 0.446 bits per heavy atom. The summed E-state index contributed by atoms with van der Waals surface area (Å²) in [6, 6.07) is 6.79. The van der Waals surface area contributed by atoms with Gasteiger partial charge in [-0.25, -0.2) is 4.79 Å². The molecule has 0 fully saturated rings. The van der Waals surface area contributed by atoms with E-state index in [0.29, 0.717) is 92.6 Å². The number of nitrogens with one attached hydrogen (secondary N) is 3. The molecule has 1 aromatic rings. The molecule has 1 rings (SSSR count). The lowest BCUT2D eigenvalue weighted by molar-refractivity contribution is -0.161. The zero-order valence-electron chi connectivity index (χ0n) is 65.5. The van der Waals surface area contributed by atoms with Gasteiger partial charge in [0.1, 0.15) is 36.8 Å². The molecule has 3 unspecified atom stereocenters. The van der Waals surface area contributed by atoms with E-state index >= 15 is 0 Å². The van der Waals surface area contributed by atoms with Crippen LogP contribution < -0.4 is 20.7 Å². The second-order valence-corrected chi connectivity index (χ2v) is 30.6. The van der Waals surface area contributed by atoms with E-state index in [0.717, 1.165) is 51.4 Å². The molecule has 1 aromatic carbocycles. The van der Waals surface area contributed by atoms with Crippen molar-refractivity contribution in [3.63, 3.8) is 0 Å². The molecule has 0 aliphatic carbocycles. The molecule has 27 nitrogen and oxygen atoms in total. The minimum absolute atomic E-state index is 0. The van der Waals surface area contributed by atoms with Crippen LogP contribution in [0.5, 0.6) is 5.75 Å². The first kappa shape index (κ1) is 101. The molecular formula is C74H140N12O15. The van der Waals surface area contributed by atoms with E-state index in [1.807, 2.05) is 55.4 Å². The highest BCUT2D eigenvalue weighted by atomic mass is 16.6. The van der Waals surface area contributed by atoms with Gasteiger partial charge in [-0.3, -0.25) is 19.2 Å². The van der Waals surface area contributed by atoms with E-state index in [1.165, 1.54) is 38.5 Å². The zero-order valence-corrected chi connectivity index (χ0v) is 65.5. The molecule has 0 saturated heterocycles. The minimum Gasteiger partial charge on any atom is -0.491 e. The zero-order chi connectivity index (χ0) is 76.4. The summed E-state index contributed by atoms with van der Waals surface area (Å²) in [5.74, 6) is -0.576. The summed E-state index contributed by atoms with van der Waals surface area (Å²) >= 11 is 0. The number of rotatable bonds is 50. The van der Waals surface area contributed by atoms with Crippen molar-refractivity contribution in [1.29, 1.82) is 0 Å². The fraction of sp³-hybridized carbons (Fsp3) is 0.851. The lowest BCUT2D eigenvalue weighted by Crippen LogP contribution is -2.42. The molecule has 0 bridgehead atoms. The maximum atomic E-state index is 12.4. The number of benzene rings is 1. The molecule has 0 saturated carbocycles. The molecule has 27 heteroatoms. The quantitative estimate of drug-likeness (QED) is 0.0179. The Balaban J connectivity index is -0.000000688. The van der Waals surface area contributed by atoms with Gasteiger partial charge in [0.2, 0.25) is 11.8 Å². The molecule has 0 aliphatic rings. The van der Waals surface area contributed by atoms with E-state index in [4.69, 9.17) is 64.0 Å². The lowest BCUT2D eigenvalue weighted by Gasteiger charge is -2.20. The number of ether oxygens (including phenoxy) is 10. The predicted molar refractivity (Wildman–Crippen MR) is 401 cm³/mol. The normalized spacial score (nSPS) is 12.4. The minimum atomic E-state index is -0.882. The molecule has 0 aliphatic heterocycles. The van der Waals surface area contributed by atoms with Crippen molar-refractivity contribution in [2.24, 2.45) is 31.6 Å². The summed E-state index contributed by atoms with van der Waals surface area (Å²) in [6.07, 6.45) is 16.7. The van der Waals surface area contributed by atoms with Crippen LogP contribution in [0.2, 0.25) is 0 Å². The smallest absolute Gasteiger partial charge is 0.332 e. The summed E-state index contributed by atoms with van der Waals surface area (Å²) < 4.78 is 54.0. The number of carbonyl (C=O) groups is 5. The monoisotopic (exact) mass is 1440 g/mol. The first-order chi connectivity index (χ1) is 46.9. The second kappa shape index (κ2) is 60.4. The largest absolute Gasteiger partial charge is 0.491 e. The van der Waals surface area contributed by atoms with Crippen LogP contribution in [0.1, 0.15) is 278 Å². The van der Waals surface area contributed by atoms with Crippen LogP contribution in [0.4, 0.5) is 0 Å². The van der Waals surface area contributed by atoms with Crippen molar-refractivity contribution in [3.8, 4) is 5.75 Å². The van der Waals surface area contributed by atoms with Crippen LogP contribution in [0.3, 0.4) is 0 Å². The first-order valence-electron chi connectivity index (χ1n) is 36.2. The predicted octanol–water partition coefficient (Wildman–Crippen LogP) is 17.7. The number of carbonyl (C=O) groups excluding carboxylic acids is 5. The third-order valence-corrected chi connectivity index (χ3v) is 13.2. The Morgan fingerprint density at radius 2 is 0.871 bits per heavy atom. The van der Waals surface area contributed by atoms with Crippen molar-refractivity contribution in [2.45, 2.75) is 303 Å². The number of nitrogens with zero attached hydrogens (tertiary/aromatic N) is 9. The summed E-state index contributed by atoms with van der Waals surface area (Å²) in [5, 5.41) is 19.4. The maximum absolute atomic E-state index is 12.4. The number of hydrogen-bond donors (Lipinski definition) is 3. The Hall–Kier alpha value is -5.98. The van der Waals surface area contributed by atoms with Crippen molar-refractivity contribution >= 4 is 29.7 Å². The standard InChI is InChI=1S/C25H41N5O5.C24H47N3O4.C22H42N4O6.C2H6.CH4/c1-24(2,3)12-7-8-13-27-23(32)19-10-9-11-20(16-19)35-18-22(29-30-26)34-15-14-33-17-21(31)28-25(4,5)6;1-23(2,3)17-13-10-8-7-9-11-14-18-29-20-21(26-27-25)30-19-15-12-16-22(28)31-24(4,5)6;1-21(2,3)11-7-8-12-24-18(27)10-9-13-29-16-19(25-26-23)31-15-14-30-17-20(28)32-22(4,5)6;1-2;/h9-11,16,22H,7-8,12-15,17-18H2,1-6H3,(H,27,32)(H,28,31);21H,7-20H2,1-6H3;19H,7-17H2,1-6H3,(H,24,27);1-2H3;1H4. The van der Waals surface area contributed by atoms with Crippen molar-refractivity contribution in [2.75, 3.05) is 92.4 Å². The van der Waals surface area contributed by atoms with E-state index in [-0.39, 0.29) is 96.1 Å². The van der Waals surface area contributed by atoms with Gasteiger partial charge in [-0.1, -0.05) is 156 Å². The third-order valence-electron chi connectivity index (χ3n) is 13.2. The van der Waals surface area contributed by atoms with Crippen LogP contribution in [-0.2, 0) is 61.8 Å². The summed E-state index contributed by atoms with van der Waals surface area (Å²) in [6.45, 7) is 44.0. The molecule has 3 N–H and O–H groups in total. The average molecular weight is 1440 g/mol. The van der Waals surface area contributed by atoms with E-state index < -0.39 is 35.9 Å². The number of amides is 3. The van der Waals surface area contributed by atoms with Gasteiger partial charge in [-0.15, -0.1) is 0 Å². The lowest BCUT2D eigenvalue weighted by atomic mass is 9.89. The fourth-order valence-corrected chi connectivity index (χ4v) is 8.65. The Morgan fingerprint density at radius 3 is 1.36 bits per heavy atom. The highest BCUT2D eigenvalue weighted by Gasteiger charge is 2.20. The summed E-state index contributed by atoms with van der Waals surface area (Å²) in [5.41, 5.74) is 26.3. The number of hydrogen-bond acceptors (Lipinski definition) is 18. The maximum Gasteiger partial charge on any atom is 0.332 e. The van der Waals surface area contributed by atoms with Gasteiger partial charge in [-0.05, 0) is 171 Å². The number of unbranched alkanes of at least 4 members (excludes halogenated alkanes) is 9. The SMILES string of the molecule is C.CC.CC(C)(C)CCCCCCCCCOCC(N=[N+]=[N-])OCCCCC(=O)OC(C)(C)C.CC(C)(C)CCCCNC(=O)CCCOCC(N=[N+]=[N-])OCCOCC(=O)OC(C)(C)C.CC(C)(C)CCCCNC(=O)c1cccc(OCC(N=[N+]=[N-])OCCOCC(=O)NC(C)(C)C)c1.